The topological polar surface area (TPSA) is 49.9 Å². The summed E-state index contributed by atoms with van der Waals surface area (Å²) in [7, 11) is 0. The Hall–Kier alpha value is -1.60. The van der Waals surface area contributed by atoms with Gasteiger partial charge in [0.1, 0.15) is 5.65 Å². The number of halogens is 3. The predicted octanol–water partition coefficient (Wildman–Crippen LogP) is 2.15. The van der Waals surface area contributed by atoms with Crippen LogP contribution in [0.2, 0.25) is 0 Å². The molecule has 0 fully saturated rings. The van der Waals surface area contributed by atoms with Crippen LogP contribution >= 0.6 is 0 Å². The van der Waals surface area contributed by atoms with Crippen molar-refractivity contribution in [1.82, 2.24) is 15.4 Å². The van der Waals surface area contributed by atoms with Gasteiger partial charge in [0, 0.05) is 24.3 Å². The number of nitrogens with zero attached hydrogens (tertiary/aromatic N) is 1. The van der Waals surface area contributed by atoms with Crippen LogP contribution in [0.1, 0.15) is 5.56 Å². The summed E-state index contributed by atoms with van der Waals surface area (Å²) in [6, 6.07) is 3.59. The molecule has 2 rings (SSSR count). The van der Waals surface area contributed by atoms with E-state index in [0.717, 1.165) is 10.9 Å². The molecule has 92 valence electrons. The maximum Gasteiger partial charge on any atom is 0.413 e. The van der Waals surface area contributed by atoms with Gasteiger partial charge in [-0.2, -0.15) is 18.7 Å². The van der Waals surface area contributed by atoms with Crippen LogP contribution in [0.15, 0.2) is 24.5 Å². The van der Waals surface area contributed by atoms with Gasteiger partial charge >= 0.3 is 6.18 Å². The van der Waals surface area contributed by atoms with Crippen molar-refractivity contribution in [3.05, 3.63) is 30.1 Å². The van der Waals surface area contributed by atoms with Gasteiger partial charge in [0.2, 0.25) is 0 Å². The average Bonchev–Trinajstić information content (AvgIpc) is 2.67. The van der Waals surface area contributed by atoms with Gasteiger partial charge in [-0.1, -0.05) is 0 Å². The maximum atomic E-state index is 11.8. The molecular weight excluding hydrogens is 235 g/mol. The van der Waals surface area contributed by atoms with E-state index in [4.69, 9.17) is 0 Å². The van der Waals surface area contributed by atoms with Crippen LogP contribution in [0.3, 0.4) is 0 Å². The van der Waals surface area contributed by atoms with Gasteiger partial charge in [-0.25, -0.2) is 4.98 Å². The lowest BCUT2D eigenvalue weighted by Crippen LogP contribution is -2.24. The molecule has 0 aliphatic rings. The highest BCUT2D eigenvalue weighted by molar-refractivity contribution is 5.79. The summed E-state index contributed by atoms with van der Waals surface area (Å²) in [4.78, 5) is 11.3. The molecule has 2 N–H and O–H groups in total. The summed E-state index contributed by atoms with van der Waals surface area (Å²) in [5.74, 6) is 0. The lowest BCUT2D eigenvalue weighted by atomic mass is 10.2. The van der Waals surface area contributed by atoms with Crippen molar-refractivity contribution in [1.29, 1.82) is 0 Å². The van der Waals surface area contributed by atoms with Crippen molar-refractivity contribution >= 4 is 11.0 Å². The molecule has 0 saturated heterocycles. The number of hydrogen-bond acceptors (Lipinski definition) is 3. The van der Waals surface area contributed by atoms with E-state index in [2.05, 4.69) is 20.3 Å². The van der Waals surface area contributed by atoms with Crippen LogP contribution < -0.4 is 5.48 Å². The van der Waals surface area contributed by atoms with E-state index < -0.39 is 12.8 Å². The number of nitrogens with one attached hydrogen (secondary N) is 2. The van der Waals surface area contributed by atoms with E-state index in [1.807, 2.05) is 6.07 Å². The van der Waals surface area contributed by atoms with Crippen molar-refractivity contribution in [2.45, 2.75) is 12.7 Å². The molecule has 0 unspecified atom stereocenters. The summed E-state index contributed by atoms with van der Waals surface area (Å²) < 4.78 is 35.4. The Bertz CT molecular complexity index is 495. The number of aromatic nitrogens is 2. The number of aromatic amines is 1. The normalized spacial score (nSPS) is 12.2. The first-order valence-corrected chi connectivity index (χ1v) is 4.88. The Morgan fingerprint density at radius 1 is 1.41 bits per heavy atom. The standard InChI is InChI=1S/C10H10F3N3O/c11-10(12,13)6-17-16-5-7-4-15-9-8(7)2-1-3-14-9/h1-4,16H,5-6H2,(H,14,15). The zero-order chi connectivity index (χ0) is 12.3. The lowest BCUT2D eigenvalue weighted by Gasteiger charge is -2.07. The second kappa shape index (κ2) is 4.72. The number of fused-ring (bicyclic) bond motifs is 1. The van der Waals surface area contributed by atoms with Gasteiger partial charge in [0.15, 0.2) is 6.61 Å². The van der Waals surface area contributed by atoms with E-state index in [0.29, 0.717) is 5.65 Å². The smallest absolute Gasteiger partial charge is 0.346 e. The molecule has 7 heteroatoms. The van der Waals surface area contributed by atoms with Crippen LogP contribution in [0.25, 0.3) is 11.0 Å². The van der Waals surface area contributed by atoms with Crippen molar-refractivity contribution in [2.75, 3.05) is 6.61 Å². The molecule has 0 bridgehead atoms. The second-order valence-electron chi connectivity index (χ2n) is 3.44. The van der Waals surface area contributed by atoms with Gasteiger partial charge in [-0.3, -0.25) is 4.84 Å². The quantitative estimate of drug-likeness (QED) is 0.641. The number of H-pyrrole nitrogens is 1. The number of hydrogen-bond donors (Lipinski definition) is 2. The van der Waals surface area contributed by atoms with Crippen molar-refractivity contribution in [3.63, 3.8) is 0 Å². The molecule has 2 heterocycles. The zero-order valence-corrected chi connectivity index (χ0v) is 8.71. The number of hydroxylamine groups is 1. The summed E-state index contributed by atoms with van der Waals surface area (Å²) in [6.07, 6.45) is -1.01. The van der Waals surface area contributed by atoms with Gasteiger partial charge in [0.05, 0.1) is 0 Å². The number of pyridine rings is 1. The molecule has 2 aromatic rings. The van der Waals surface area contributed by atoms with Crippen molar-refractivity contribution in [3.8, 4) is 0 Å². The highest BCUT2D eigenvalue weighted by Gasteiger charge is 2.27. The van der Waals surface area contributed by atoms with Gasteiger partial charge in [-0.15, -0.1) is 0 Å². The Morgan fingerprint density at radius 3 is 3.00 bits per heavy atom. The molecule has 0 spiro atoms. The molecule has 0 aliphatic carbocycles. The van der Waals surface area contributed by atoms with Crippen LogP contribution in [-0.4, -0.2) is 22.8 Å². The SMILES string of the molecule is FC(F)(F)CONCc1c[nH]c2ncccc12. The first-order chi connectivity index (χ1) is 8.06. The molecule has 0 aromatic carbocycles. The predicted molar refractivity (Wildman–Crippen MR) is 54.9 cm³/mol. The van der Waals surface area contributed by atoms with E-state index in [1.54, 1.807) is 18.5 Å². The van der Waals surface area contributed by atoms with Crippen molar-refractivity contribution in [2.24, 2.45) is 0 Å². The molecule has 2 aromatic heterocycles. The lowest BCUT2D eigenvalue weighted by molar-refractivity contribution is -0.190. The van der Waals surface area contributed by atoms with Gasteiger partial charge in [0.25, 0.3) is 0 Å². The van der Waals surface area contributed by atoms with Crippen LogP contribution in [0.5, 0.6) is 0 Å². The van der Waals surface area contributed by atoms with Crippen LogP contribution in [-0.2, 0) is 11.4 Å². The highest BCUT2D eigenvalue weighted by atomic mass is 19.4. The first-order valence-electron chi connectivity index (χ1n) is 4.88. The minimum Gasteiger partial charge on any atom is -0.346 e. The largest absolute Gasteiger partial charge is 0.413 e. The molecule has 0 atom stereocenters. The second-order valence-corrected chi connectivity index (χ2v) is 3.44. The van der Waals surface area contributed by atoms with E-state index >= 15 is 0 Å². The molecule has 17 heavy (non-hydrogen) atoms. The third kappa shape index (κ3) is 3.18. The summed E-state index contributed by atoms with van der Waals surface area (Å²) in [5, 5.41) is 0.857. The molecular formula is C10H10F3N3O. The average molecular weight is 245 g/mol. The van der Waals surface area contributed by atoms with Crippen LogP contribution in [0, 0.1) is 0 Å². The molecule has 0 radical (unpaired) electrons. The van der Waals surface area contributed by atoms with E-state index in [1.165, 1.54) is 0 Å². The monoisotopic (exact) mass is 245 g/mol. The number of rotatable bonds is 4. The fraction of sp³-hybridized carbons (Fsp3) is 0.300. The van der Waals surface area contributed by atoms with E-state index in [9.17, 15) is 13.2 Å². The van der Waals surface area contributed by atoms with Gasteiger partial charge < -0.3 is 4.98 Å². The maximum absolute atomic E-state index is 11.8. The Labute approximate surface area is 94.8 Å². The minimum absolute atomic E-state index is 0.182. The Kier molecular flexibility index (Phi) is 3.30. The third-order valence-electron chi connectivity index (χ3n) is 2.14. The molecule has 0 aliphatic heterocycles. The summed E-state index contributed by atoms with van der Waals surface area (Å²) in [5.41, 5.74) is 3.76. The van der Waals surface area contributed by atoms with E-state index in [-0.39, 0.29) is 6.54 Å². The van der Waals surface area contributed by atoms with Crippen molar-refractivity contribution < 1.29 is 18.0 Å². The van der Waals surface area contributed by atoms with Crippen LogP contribution in [0.4, 0.5) is 13.2 Å². The van der Waals surface area contributed by atoms with Gasteiger partial charge in [-0.05, 0) is 17.7 Å². The number of alkyl halides is 3. The first kappa shape index (κ1) is 11.9. The highest BCUT2D eigenvalue weighted by Crippen LogP contribution is 2.16. The Morgan fingerprint density at radius 2 is 2.24 bits per heavy atom. The zero-order valence-electron chi connectivity index (χ0n) is 8.71. The molecule has 4 nitrogen and oxygen atoms in total. The summed E-state index contributed by atoms with van der Waals surface area (Å²) in [6.45, 7) is -1.13. The minimum atomic E-state index is -4.32. The molecule has 0 amide bonds. The Balaban J connectivity index is 1.91. The fourth-order valence-corrected chi connectivity index (χ4v) is 1.42. The fourth-order valence-electron chi connectivity index (χ4n) is 1.42. The third-order valence-corrected chi connectivity index (χ3v) is 2.14. The summed E-state index contributed by atoms with van der Waals surface area (Å²) >= 11 is 0. The molecule has 0 saturated carbocycles.